The first-order chi connectivity index (χ1) is 7.60. The van der Waals surface area contributed by atoms with Crippen LogP contribution in [0.4, 0.5) is 5.95 Å². The summed E-state index contributed by atoms with van der Waals surface area (Å²) in [7, 11) is 0. The van der Waals surface area contributed by atoms with Gasteiger partial charge < -0.3 is 0 Å². The molecular weight excluding hydrogens is 272 g/mol. The van der Waals surface area contributed by atoms with Gasteiger partial charge in [-0.1, -0.05) is 15.9 Å². The van der Waals surface area contributed by atoms with E-state index in [-0.39, 0.29) is 5.91 Å². The van der Waals surface area contributed by atoms with Crippen molar-refractivity contribution in [3.05, 3.63) is 11.6 Å². The third-order valence-corrected chi connectivity index (χ3v) is 3.43. The molecule has 0 radical (unpaired) electrons. The number of amides is 1. The second-order valence-electron chi connectivity index (χ2n) is 3.96. The van der Waals surface area contributed by atoms with Crippen LogP contribution in [0.5, 0.6) is 0 Å². The minimum atomic E-state index is 0.0921. The molecule has 1 aliphatic rings. The van der Waals surface area contributed by atoms with Crippen LogP contribution in [0.25, 0.3) is 0 Å². The molecule has 1 atom stereocenters. The van der Waals surface area contributed by atoms with Gasteiger partial charge in [0.05, 0.1) is 0 Å². The Balaban J connectivity index is 2.27. The maximum absolute atomic E-state index is 11.8. The van der Waals surface area contributed by atoms with E-state index in [0.717, 1.165) is 5.33 Å². The number of carbonyl (C=O) groups is 1. The molecule has 0 aromatic carbocycles. The molecule has 5 nitrogen and oxygen atoms in total. The van der Waals surface area contributed by atoms with Crippen LogP contribution in [0.2, 0.25) is 0 Å². The van der Waals surface area contributed by atoms with Crippen molar-refractivity contribution in [1.82, 2.24) is 15.0 Å². The topological polar surface area (TPSA) is 59.0 Å². The highest BCUT2D eigenvalue weighted by molar-refractivity contribution is 9.09. The molecular formula is C10H13BrN4O. The molecule has 2 rings (SSSR count). The lowest BCUT2D eigenvalue weighted by Crippen LogP contribution is -2.27. The molecule has 0 saturated carbocycles. The predicted molar refractivity (Wildman–Crippen MR) is 63.6 cm³/mol. The zero-order chi connectivity index (χ0) is 11.7. The number of anilines is 1. The molecule has 1 aliphatic heterocycles. The molecule has 16 heavy (non-hydrogen) atoms. The van der Waals surface area contributed by atoms with Crippen molar-refractivity contribution in [2.75, 3.05) is 16.8 Å². The maximum atomic E-state index is 11.8. The van der Waals surface area contributed by atoms with Crippen LogP contribution >= 0.6 is 15.9 Å². The Bertz CT molecular complexity index is 403. The fourth-order valence-electron chi connectivity index (χ4n) is 1.80. The van der Waals surface area contributed by atoms with Crippen molar-refractivity contribution >= 4 is 27.8 Å². The number of aromatic nitrogens is 3. The largest absolute Gasteiger partial charge is 0.280 e. The standard InChI is InChI=1S/C10H13BrN4O/c1-6-12-7(2)14-10(13-6)15-5-8(4-11)3-9(15)16/h8H,3-5H2,1-2H3. The average Bonchev–Trinajstić information content (AvgIpc) is 2.58. The fraction of sp³-hybridized carbons (Fsp3) is 0.600. The summed E-state index contributed by atoms with van der Waals surface area (Å²) in [6, 6.07) is 0. The zero-order valence-electron chi connectivity index (χ0n) is 9.27. The van der Waals surface area contributed by atoms with Crippen LogP contribution in [-0.4, -0.2) is 32.7 Å². The number of halogens is 1. The Hall–Kier alpha value is -1.04. The first kappa shape index (κ1) is 11.4. The number of alkyl halides is 1. The Labute approximate surface area is 102 Å². The Morgan fingerprint density at radius 3 is 2.44 bits per heavy atom. The normalized spacial score (nSPS) is 20.6. The van der Waals surface area contributed by atoms with Gasteiger partial charge in [-0.25, -0.2) is 4.98 Å². The van der Waals surface area contributed by atoms with Crippen molar-refractivity contribution in [3.8, 4) is 0 Å². The number of carbonyl (C=O) groups excluding carboxylic acids is 1. The van der Waals surface area contributed by atoms with Crippen molar-refractivity contribution < 1.29 is 4.79 Å². The van der Waals surface area contributed by atoms with Crippen molar-refractivity contribution in [2.24, 2.45) is 5.92 Å². The quantitative estimate of drug-likeness (QED) is 0.767. The van der Waals surface area contributed by atoms with Gasteiger partial charge >= 0.3 is 0 Å². The summed E-state index contributed by atoms with van der Waals surface area (Å²) >= 11 is 3.40. The van der Waals surface area contributed by atoms with E-state index in [1.165, 1.54) is 0 Å². The van der Waals surface area contributed by atoms with Crippen LogP contribution in [-0.2, 0) is 4.79 Å². The molecule has 86 valence electrons. The van der Waals surface area contributed by atoms with E-state index >= 15 is 0 Å². The summed E-state index contributed by atoms with van der Waals surface area (Å²) in [4.78, 5) is 25.9. The number of hydrogen-bond donors (Lipinski definition) is 0. The Kier molecular flexibility index (Phi) is 3.18. The van der Waals surface area contributed by atoms with Crippen LogP contribution in [0, 0.1) is 19.8 Å². The smallest absolute Gasteiger partial charge is 0.235 e. The fourth-order valence-corrected chi connectivity index (χ4v) is 2.23. The van der Waals surface area contributed by atoms with Crippen LogP contribution in [0.3, 0.4) is 0 Å². The second-order valence-corrected chi connectivity index (χ2v) is 4.61. The summed E-state index contributed by atoms with van der Waals surface area (Å²) in [6.07, 6.45) is 0.565. The van der Waals surface area contributed by atoms with Gasteiger partial charge in [0.25, 0.3) is 0 Å². The third kappa shape index (κ3) is 2.21. The highest BCUT2D eigenvalue weighted by atomic mass is 79.9. The highest BCUT2D eigenvalue weighted by Crippen LogP contribution is 2.23. The lowest BCUT2D eigenvalue weighted by molar-refractivity contribution is -0.117. The van der Waals surface area contributed by atoms with Crippen LogP contribution in [0.15, 0.2) is 0 Å². The summed E-state index contributed by atoms with van der Waals surface area (Å²) in [5, 5.41) is 0.832. The van der Waals surface area contributed by atoms with Crippen LogP contribution < -0.4 is 4.90 Å². The molecule has 1 aromatic rings. The lowest BCUT2D eigenvalue weighted by atomic mass is 10.2. The van der Waals surface area contributed by atoms with Crippen molar-refractivity contribution in [3.63, 3.8) is 0 Å². The van der Waals surface area contributed by atoms with Crippen LogP contribution in [0.1, 0.15) is 18.1 Å². The Morgan fingerprint density at radius 1 is 1.31 bits per heavy atom. The van der Waals surface area contributed by atoms with Gasteiger partial charge in [-0.2, -0.15) is 9.97 Å². The summed E-state index contributed by atoms with van der Waals surface area (Å²) < 4.78 is 0. The van der Waals surface area contributed by atoms with Gasteiger partial charge in [0, 0.05) is 18.3 Å². The van der Waals surface area contributed by atoms with Gasteiger partial charge in [-0.05, 0) is 19.8 Å². The van der Waals surface area contributed by atoms with E-state index in [1.807, 2.05) is 0 Å². The molecule has 0 bridgehead atoms. The molecule has 1 unspecified atom stereocenters. The summed E-state index contributed by atoms with van der Waals surface area (Å²) in [5.74, 6) is 2.23. The number of hydrogen-bond acceptors (Lipinski definition) is 4. The predicted octanol–water partition coefficient (Wildman–Crippen LogP) is 1.24. The highest BCUT2D eigenvalue weighted by Gasteiger charge is 2.31. The van der Waals surface area contributed by atoms with E-state index in [1.54, 1.807) is 18.7 Å². The molecule has 1 amide bonds. The van der Waals surface area contributed by atoms with E-state index in [4.69, 9.17) is 0 Å². The van der Waals surface area contributed by atoms with Crippen molar-refractivity contribution in [2.45, 2.75) is 20.3 Å². The van der Waals surface area contributed by atoms with Gasteiger partial charge in [0.1, 0.15) is 11.6 Å². The lowest BCUT2D eigenvalue weighted by Gasteiger charge is -2.14. The minimum absolute atomic E-state index is 0.0921. The van der Waals surface area contributed by atoms with Gasteiger partial charge in [0.15, 0.2) is 0 Å². The maximum Gasteiger partial charge on any atom is 0.235 e. The number of rotatable bonds is 2. The number of aryl methyl sites for hydroxylation is 2. The monoisotopic (exact) mass is 284 g/mol. The SMILES string of the molecule is Cc1nc(C)nc(N2CC(CBr)CC2=O)n1. The van der Waals surface area contributed by atoms with Crippen molar-refractivity contribution in [1.29, 1.82) is 0 Å². The van der Waals surface area contributed by atoms with Gasteiger partial charge in [-0.15, -0.1) is 0 Å². The molecule has 2 heterocycles. The molecule has 0 N–H and O–H groups in total. The molecule has 0 aliphatic carbocycles. The average molecular weight is 285 g/mol. The zero-order valence-corrected chi connectivity index (χ0v) is 10.9. The van der Waals surface area contributed by atoms with E-state index in [0.29, 0.717) is 36.5 Å². The summed E-state index contributed by atoms with van der Waals surface area (Å²) in [5.41, 5.74) is 0. The number of nitrogens with zero attached hydrogens (tertiary/aromatic N) is 4. The first-order valence-electron chi connectivity index (χ1n) is 5.15. The first-order valence-corrected chi connectivity index (χ1v) is 6.28. The minimum Gasteiger partial charge on any atom is -0.280 e. The van der Waals surface area contributed by atoms with Gasteiger partial charge in [0.2, 0.25) is 11.9 Å². The van der Waals surface area contributed by atoms with E-state index in [9.17, 15) is 4.79 Å². The molecule has 1 saturated heterocycles. The van der Waals surface area contributed by atoms with Gasteiger partial charge in [-0.3, -0.25) is 9.69 Å². The summed E-state index contributed by atoms with van der Waals surface area (Å²) in [6.45, 7) is 4.30. The van der Waals surface area contributed by atoms with E-state index < -0.39 is 0 Å². The second kappa shape index (κ2) is 4.45. The Morgan fingerprint density at radius 2 is 1.94 bits per heavy atom. The molecule has 6 heteroatoms. The van der Waals surface area contributed by atoms with E-state index in [2.05, 4.69) is 30.9 Å². The molecule has 0 spiro atoms. The molecule has 1 fully saturated rings. The molecule has 1 aromatic heterocycles. The third-order valence-electron chi connectivity index (χ3n) is 2.51.